The zero-order chi connectivity index (χ0) is 16.4. The fraction of sp³-hybridized carbons (Fsp3) is 0.556. The molecule has 1 aliphatic carbocycles. The summed E-state index contributed by atoms with van der Waals surface area (Å²) in [5, 5.41) is 13.3. The van der Waals surface area contributed by atoms with E-state index in [0.717, 1.165) is 24.0 Å². The van der Waals surface area contributed by atoms with Gasteiger partial charge in [-0.2, -0.15) is 0 Å². The largest absolute Gasteiger partial charge is 0.390 e. The topological polar surface area (TPSA) is 69.6 Å². The Morgan fingerprint density at radius 2 is 2.09 bits per heavy atom. The maximum atomic E-state index is 12.7. The van der Waals surface area contributed by atoms with Gasteiger partial charge in [0.2, 0.25) is 11.8 Å². The van der Waals surface area contributed by atoms with Crippen LogP contribution in [0.15, 0.2) is 24.3 Å². The Kier molecular flexibility index (Phi) is 4.66. The molecule has 0 spiro atoms. The summed E-state index contributed by atoms with van der Waals surface area (Å²) >= 11 is 0. The molecule has 1 saturated heterocycles. The number of hydrogen-bond donors (Lipinski definition) is 2. The first-order chi connectivity index (χ1) is 11.1. The van der Waals surface area contributed by atoms with E-state index in [1.165, 1.54) is 0 Å². The Hall–Kier alpha value is -1.88. The Labute approximate surface area is 136 Å². The van der Waals surface area contributed by atoms with E-state index in [1.807, 2.05) is 31.2 Å². The van der Waals surface area contributed by atoms with Crippen molar-refractivity contribution in [2.75, 3.05) is 6.54 Å². The number of fused-ring (bicyclic) bond motifs is 1. The molecule has 23 heavy (non-hydrogen) atoms. The molecule has 3 rings (SSSR count). The Morgan fingerprint density at radius 1 is 1.30 bits per heavy atom. The number of aliphatic hydroxyl groups is 1. The van der Waals surface area contributed by atoms with Gasteiger partial charge in [-0.25, -0.2) is 0 Å². The Morgan fingerprint density at radius 3 is 2.87 bits per heavy atom. The van der Waals surface area contributed by atoms with Crippen molar-refractivity contribution in [3.63, 3.8) is 0 Å². The van der Waals surface area contributed by atoms with E-state index < -0.39 is 12.1 Å². The molecule has 0 saturated carbocycles. The lowest BCUT2D eigenvalue weighted by molar-refractivity contribution is -0.142. The number of hydrogen-bond acceptors (Lipinski definition) is 3. The van der Waals surface area contributed by atoms with E-state index in [0.29, 0.717) is 25.8 Å². The normalized spacial score (nSPS) is 26.7. The van der Waals surface area contributed by atoms with Gasteiger partial charge in [-0.3, -0.25) is 9.59 Å². The number of nitrogens with one attached hydrogen (secondary N) is 1. The number of amides is 2. The van der Waals surface area contributed by atoms with Gasteiger partial charge in [0, 0.05) is 19.4 Å². The lowest BCUT2D eigenvalue weighted by Crippen LogP contribution is -2.53. The first-order valence-corrected chi connectivity index (χ1v) is 8.47. The van der Waals surface area contributed by atoms with Crippen molar-refractivity contribution in [1.82, 2.24) is 10.2 Å². The predicted molar refractivity (Wildman–Crippen MR) is 86.7 cm³/mol. The van der Waals surface area contributed by atoms with E-state index in [-0.39, 0.29) is 17.9 Å². The molecule has 2 amide bonds. The minimum Gasteiger partial charge on any atom is -0.390 e. The lowest BCUT2D eigenvalue weighted by atomic mass is 9.99. The summed E-state index contributed by atoms with van der Waals surface area (Å²) in [5.74, 6) is -0.121. The molecule has 1 aromatic carbocycles. The maximum absolute atomic E-state index is 12.7. The van der Waals surface area contributed by atoms with Crippen molar-refractivity contribution in [3.8, 4) is 0 Å². The van der Waals surface area contributed by atoms with Crippen LogP contribution in [0.1, 0.15) is 49.8 Å². The number of nitrogens with zero attached hydrogens (tertiary/aromatic N) is 1. The molecule has 3 unspecified atom stereocenters. The van der Waals surface area contributed by atoms with Gasteiger partial charge in [0.25, 0.3) is 0 Å². The number of aliphatic hydroxyl groups excluding tert-OH is 1. The smallest absolute Gasteiger partial charge is 0.243 e. The summed E-state index contributed by atoms with van der Waals surface area (Å²) in [7, 11) is 0. The van der Waals surface area contributed by atoms with Gasteiger partial charge < -0.3 is 15.3 Å². The van der Waals surface area contributed by atoms with Crippen LogP contribution in [0, 0.1) is 0 Å². The molecule has 0 radical (unpaired) electrons. The van der Waals surface area contributed by atoms with Gasteiger partial charge in [-0.05, 0) is 30.4 Å². The molecule has 1 fully saturated rings. The van der Waals surface area contributed by atoms with E-state index in [1.54, 1.807) is 4.90 Å². The van der Waals surface area contributed by atoms with Gasteiger partial charge in [-0.1, -0.05) is 31.2 Å². The maximum Gasteiger partial charge on any atom is 0.243 e. The molecule has 1 heterocycles. The summed E-state index contributed by atoms with van der Waals surface area (Å²) in [6.07, 6.45) is 2.97. The average molecular weight is 316 g/mol. The zero-order valence-corrected chi connectivity index (χ0v) is 13.5. The number of carbonyl (C=O) groups is 2. The number of likely N-dealkylation sites (tertiary alicyclic amines) is 1. The molecule has 124 valence electrons. The third-order valence-electron chi connectivity index (χ3n) is 4.93. The second-order valence-corrected chi connectivity index (χ2v) is 6.41. The first kappa shape index (κ1) is 16.0. The second-order valence-electron chi connectivity index (χ2n) is 6.41. The lowest BCUT2D eigenvalue weighted by Gasteiger charge is -2.35. The summed E-state index contributed by atoms with van der Waals surface area (Å²) < 4.78 is 0. The molecule has 1 aliphatic heterocycles. The van der Waals surface area contributed by atoms with Crippen LogP contribution in [-0.4, -0.2) is 40.5 Å². The van der Waals surface area contributed by atoms with Crippen molar-refractivity contribution in [3.05, 3.63) is 35.4 Å². The summed E-state index contributed by atoms with van der Waals surface area (Å²) in [4.78, 5) is 26.5. The number of carbonyl (C=O) groups excluding carboxylic acids is 2. The highest BCUT2D eigenvalue weighted by Crippen LogP contribution is 2.31. The van der Waals surface area contributed by atoms with Gasteiger partial charge >= 0.3 is 0 Å². The highest BCUT2D eigenvalue weighted by molar-refractivity contribution is 5.88. The predicted octanol–water partition coefficient (Wildman–Crippen LogP) is 1.55. The molecule has 5 heteroatoms. The Bertz CT molecular complexity index is 602. The van der Waals surface area contributed by atoms with Crippen LogP contribution < -0.4 is 5.32 Å². The number of piperidine rings is 1. The van der Waals surface area contributed by atoms with Crippen LogP contribution in [0.4, 0.5) is 0 Å². The molecule has 5 nitrogen and oxygen atoms in total. The standard InChI is InChI=1S/C18H24N2O3/c1-2-16(22)20-10-6-5-9-14(20)18(23)19-17-13-8-4-3-7-12(13)11-15(17)21/h3-4,7-8,14-15,17,21H,2,5-6,9-11H2,1H3,(H,19,23). The van der Waals surface area contributed by atoms with E-state index in [4.69, 9.17) is 0 Å². The van der Waals surface area contributed by atoms with Gasteiger partial charge in [-0.15, -0.1) is 0 Å². The van der Waals surface area contributed by atoms with Crippen molar-refractivity contribution in [2.24, 2.45) is 0 Å². The SMILES string of the molecule is CCC(=O)N1CCCCC1C(=O)NC1c2ccccc2CC1O. The van der Waals surface area contributed by atoms with Crippen LogP contribution in [-0.2, 0) is 16.0 Å². The third-order valence-corrected chi connectivity index (χ3v) is 4.93. The Balaban J connectivity index is 1.74. The number of benzene rings is 1. The molecule has 3 atom stereocenters. The fourth-order valence-corrected chi connectivity index (χ4v) is 3.70. The van der Waals surface area contributed by atoms with E-state index in [9.17, 15) is 14.7 Å². The summed E-state index contributed by atoms with van der Waals surface area (Å²) in [6, 6.07) is 7.02. The van der Waals surface area contributed by atoms with E-state index >= 15 is 0 Å². The molecular weight excluding hydrogens is 292 g/mol. The van der Waals surface area contributed by atoms with Crippen LogP contribution in [0.2, 0.25) is 0 Å². The zero-order valence-electron chi connectivity index (χ0n) is 13.5. The minimum absolute atomic E-state index is 0.0252. The molecule has 2 aliphatic rings. The van der Waals surface area contributed by atoms with Gasteiger partial charge in [0.15, 0.2) is 0 Å². The highest BCUT2D eigenvalue weighted by Gasteiger charge is 2.36. The van der Waals surface area contributed by atoms with Crippen molar-refractivity contribution in [1.29, 1.82) is 0 Å². The third kappa shape index (κ3) is 3.11. The van der Waals surface area contributed by atoms with E-state index in [2.05, 4.69) is 5.32 Å². The van der Waals surface area contributed by atoms with Crippen molar-refractivity contribution in [2.45, 2.75) is 57.2 Å². The average Bonchev–Trinajstić information content (AvgIpc) is 2.90. The highest BCUT2D eigenvalue weighted by atomic mass is 16.3. The summed E-state index contributed by atoms with van der Waals surface area (Å²) in [6.45, 7) is 2.47. The molecule has 0 bridgehead atoms. The second kappa shape index (κ2) is 6.71. The molecule has 1 aromatic rings. The molecule has 2 N–H and O–H groups in total. The monoisotopic (exact) mass is 316 g/mol. The minimum atomic E-state index is -0.602. The van der Waals surface area contributed by atoms with Crippen molar-refractivity contribution >= 4 is 11.8 Å². The van der Waals surface area contributed by atoms with Crippen LogP contribution in [0.25, 0.3) is 0 Å². The molecular formula is C18H24N2O3. The fourth-order valence-electron chi connectivity index (χ4n) is 3.70. The quantitative estimate of drug-likeness (QED) is 0.889. The first-order valence-electron chi connectivity index (χ1n) is 8.47. The van der Waals surface area contributed by atoms with Gasteiger partial charge in [0.05, 0.1) is 12.1 Å². The van der Waals surface area contributed by atoms with Gasteiger partial charge in [0.1, 0.15) is 6.04 Å². The van der Waals surface area contributed by atoms with Crippen molar-refractivity contribution < 1.29 is 14.7 Å². The van der Waals surface area contributed by atoms with Crippen LogP contribution >= 0.6 is 0 Å². The van der Waals surface area contributed by atoms with Crippen LogP contribution in [0.5, 0.6) is 0 Å². The molecule has 0 aromatic heterocycles. The van der Waals surface area contributed by atoms with Crippen LogP contribution in [0.3, 0.4) is 0 Å². The number of rotatable bonds is 3. The summed E-state index contributed by atoms with van der Waals surface area (Å²) in [5.41, 5.74) is 2.06.